The molecule has 3 nitrogen and oxygen atoms in total. The second-order valence-corrected chi connectivity index (χ2v) is 6.14. The summed E-state index contributed by atoms with van der Waals surface area (Å²) < 4.78 is 0. The lowest BCUT2D eigenvalue weighted by molar-refractivity contribution is 0.257. The van der Waals surface area contributed by atoms with E-state index in [0.717, 1.165) is 19.6 Å². The van der Waals surface area contributed by atoms with Crippen LogP contribution in [0, 0.1) is 0 Å². The molecule has 1 N–H and O–H groups in total. The molecule has 1 saturated heterocycles. The molecule has 1 aromatic rings. The molecule has 1 aliphatic rings. The predicted octanol–water partition coefficient (Wildman–Crippen LogP) is 1.87. The lowest BCUT2D eigenvalue weighted by Crippen LogP contribution is -2.35. The molecular formula is C14H25N3S. The average Bonchev–Trinajstić information content (AvgIpc) is 3.04. The normalized spacial score (nSPS) is 16.8. The molecule has 0 saturated carbocycles. The highest BCUT2D eigenvalue weighted by atomic mass is 32.1. The van der Waals surface area contributed by atoms with Gasteiger partial charge < -0.3 is 15.1 Å². The number of thiophene rings is 1. The van der Waals surface area contributed by atoms with Crippen molar-refractivity contribution in [3.8, 4) is 0 Å². The van der Waals surface area contributed by atoms with Gasteiger partial charge in [0.15, 0.2) is 0 Å². The van der Waals surface area contributed by atoms with Crippen molar-refractivity contribution in [1.29, 1.82) is 0 Å². The van der Waals surface area contributed by atoms with E-state index in [9.17, 15) is 0 Å². The highest BCUT2D eigenvalue weighted by Crippen LogP contribution is 2.07. The van der Waals surface area contributed by atoms with Gasteiger partial charge in [-0.1, -0.05) is 6.07 Å². The number of likely N-dealkylation sites (N-methyl/N-ethyl adjacent to an activating group) is 1. The highest BCUT2D eigenvalue weighted by molar-refractivity contribution is 7.09. The summed E-state index contributed by atoms with van der Waals surface area (Å²) in [5.74, 6) is 0. The van der Waals surface area contributed by atoms with Crippen LogP contribution in [0.3, 0.4) is 0 Å². The van der Waals surface area contributed by atoms with Crippen molar-refractivity contribution in [2.75, 3.05) is 46.3 Å². The van der Waals surface area contributed by atoms with Gasteiger partial charge in [0.05, 0.1) is 0 Å². The molecule has 1 fully saturated rings. The van der Waals surface area contributed by atoms with E-state index in [2.05, 4.69) is 39.7 Å². The van der Waals surface area contributed by atoms with Gasteiger partial charge in [-0.3, -0.25) is 0 Å². The van der Waals surface area contributed by atoms with E-state index in [1.807, 2.05) is 11.3 Å². The third-order valence-electron chi connectivity index (χ3n) is 3.55. The Balaban J connectivity index is 1.47. The summed E-state index contributed by atoms with van der Waals surface area (Å²) in [4.78, 5) is 6.43. The minimum Gasteiger partial charge on any atom is -0.311 e. The molecule has 1 aliphatic heterocycles. The van der Waals surface area contributed by atoms with Gasteiger partial charge in [0.1, 0.15) is 0 Å². The summed E-state index contributed by atoms with van der Waals surface area (Å²) in [7, 11) is 2.23. The SMILES string of the molecule is CN(CCNCc1cccs1)CCN1CCCC1. The van der Waals surface area contributed by atoms with Gasteiger partial charge in [0, 0.05) is 37.6 Å². The van der Waals surface area contributed by atoms with E-state index in [0.29, 0.717) is 0 Å². The molecule has 0 unspecified atom stereocenters. The number of nitrogens with one attached hydrogen (secondary N) is 1. The van der Waals surface area contributed by atoms with E-state index in [-0.39, 0.29) is 0 Å². The summed E-state index contributed by atoms with van der Waals surface area (Å²) >= 11 is 1.83. The summed E-state index contributed by atoms with van der Waals surface area (Å²) in [6, 6.07) is 4.30. The van der Waals surface area contributed by atoms with Gasteiger partial charge in [-0.2, -0.15) is 0 Å². The first-order chi connectivity index (χ1) is 8.84. The molecule has 0 spiro atoms. The maximum Gasteiger partial charge on any atom is 0.0300 e. The van der Waals surface area contributed by atoms with Crippen molar-refractivity contribution in [3.63, 3.8) is 0 Å². The lowest BCUT2D eigenvalue weighted by atomic mass is 10.4. The monoisotopic (exact) mass is 267 g/mol. The van der Waals surface area contributed by atoms with Crippen molar-refractivity contribution in [2.24, 2.45) is 0 Å². The van der Waals surface area contributed by atoms with Gasteiger partial charge in [0.2, 0.25) is 0 Å². The average molecular weight is 267 g/mol. The maximum atomic E-state index is 3.50. The fourth-order valence-electron chi connectivity index (χ4n) is 2.32. The van der Waals surface area contributed by atoms with Crippen LogP contribution in [0.15, 0.2) is 17.5 Å². The fraction of sp³-hybridized carbons (Fsp3) is 0.714. The van der Waals surface area contributed by atoms with Crippen LogP contribution in [-0.2, 0) is 6.54 Å². The first-order valence-electron chi connectivity index (χ1n) is 6.98. The molecule has 0 aromatic carbocycles. The van der Waals surface area contributed by atoms with Crippen LogP contribution in [0.1, 0.15) is 17.7 Å². The summed E-state index contributed by atoms with van der Waals surface area (Å²) in [5, 5.41) is 5.64. The van der Waals surface area contributed by atoms with E-state index < -0.39 is 0 Å². The summed E-state index contributed by atoms with van der Waals surface area (Å²) in [5.41, 5.74) is 0. The third-order valence-corrected chi connectivity index (χ3v) is 4.42. The van der Waals surface area contributed by atoms with Crippen LogP contribution in [-0.4, -0.2) is 56.1 Å². The molecule has 102 valence electrons. The van der Waals surface area contributed by atoms with Gasteiger partial charge in [-0.15, -0.1) is 11.3 Å². The summed E-state index contributed by atoms with van der Waals surface area (Å²) in [6.07, 6.45) is 2.79. The van der Waals surface area contributed by atoms with Gasteiger partial charge in [-0.05, 0) is 44.4 Å². The number of hydrogen-bond acceptors (Lipinski definition) is 4. The van der Waals surface area contributed by atoms with E-state index in [1.165, 1.54) is 43.9 Å². The van der Waals surface area contributed by atoms with Crippen molar-refractivity contribution >= 4 is 11.3 Å². The standard InChI is InChI=1S/C14H25N3S/c1-16(10-11-17-7-2-3-8-17)9-6-15-13-14-5-4-12-18-14/h4-5,12,15H,2-3,6-11,13H2,1H3. The Kier molecular flexibility index (Phi) is 6.14. The Hall–Kier alpha value is -0.420. The number of likely N-dealkylation sites (tertiary alicyclic amines) is 1. The Morgan fingerprint density at radius 2 is 2.17 bits per heavy atom. The Labute approximate surface area is 115 Å². The van der Waals surface area contributed by atoms with Crippen LogP contribution >= 0.6 is 11.3 Å². The second kappa shape index (κ2) is 7.89. The zero-order valence-electron chi connectivity index (χ0n) is 11.4. The van der Waals surface area contributed by atoms with Crippen LogP contribution in [0.25, 0.3) is 0 Å². The Morgan fingerprint density at radius 1 is 1.33 bits per heavy atom. The molecule has 1 aromatic heterocycles. The van der Waals surface area contributed by atoms with Crippen molar-refractivity contribution in [2.45, 2.75) is 19.4 Å². The largest absolute Gasteiger partial charge is 0.311 e. The van der Waals surface area contributed by atoms with Crippen LogP contribution in [0.4, 0.5) is 0 Å². The highest BCUT2D eigenvalue weighted by Gasteiger charge is 2.11. The molecule has 0 bridgehead atoms. The van der Waals surface area contributed by atoms with Crippen LogP contribution in [0.2, 0.25) is 0 Å². The zero-order valence-corrected chi connectivity index (χ0v) is 12.2. The smallest absolute Gasteiger partial charge is 0.0300 e. The van der Waals surface area contributed by atoms with Gasteiger partial charge in [0.25, 0.3) is 0 Å². The maximum absolute atomic E-state index is 3.50. The second-order valence-electron chi connectivity index (χ2n) is 5.11. The minimum absolute atomic E-state index is 1.01. The minimum atomic E-state index is 1.01. The summed E-state index contributed by atoms with van der Waals surface area (Å²) in [6.45, 7) is 8.28. The molecule has 0 aliphatic carbocycles. The van der Waals surface area contributed by atoms with Crippen LogP contribution < -0.4 is 5.32 Å². The molecule has 0 atom stereocenters. The molecule has 4 heteroatoms. The Bertz CT molecular complexity index is 307. The topological polar surface area (TPSA) is 18.5 Å². The number of hydrogen-bond donors (Lipinski definition) is 1. The fourth-order valence-corrected chi connectivity index (χ4v) is 3.00. The van der Waals surface area contributed by atoms with E-state index >= 15 is 0 Å². The zero-order chi connectivity index (χ0) is 12.6. The van der Waals surface area contributed by atoms with Crippen molar-refractivity contribution in [3.05, 3.63) is 22.4 Å². The predicted molar refractivity (Wildman–Crippen MR) is 79.2 cm³/mol. The van der Waals surface area contributed by atoms with Crippen molar-refractivity contribution < 1.29 is 0 Å². The first kappa shape index (κ1) is 14.0. The third kappa shape index (κ3) is 5.06. The quantitative estimate of drug-likeness (QED) is 0.725. The number of nitrogens with zero attached hydrogens (tertiary/aromatic N) is 2. The van der Waals surface area contributed by atoms with Gasteiger partial charge >= 0.3 is 0 Å². The lowest BCUT2D eigenvalue weighted by Gasteiger charge is -2.21. The van der Waals surface area contributed by atoms with E-state index in [1.54, 1.807) is 0 Å². The molecule has 18 heavy (non-hydrogen) atoms. The molecule has 2 heterocycles. The van der Waals surface area contributed by atoms with Crippen molar-refractivity contribution in [1.82, 2.24) is 15.1 Å². The van der Waals surface area contributed by atoms with Gasteiger partial charge in [-0.25, -0.2) is 0 Å². The molecule has 0 radical (unpaired) electrons. The first-order valence-corrected chi connectivity index (χ1v) is 7.86. The molecule has 0 amide bonds. The number of rotatable bonds is 8. The van der Waals surface area contributed by atoms with E-state index in [4.69, 9.17) is 0 Å². The molecular weight excluding hydrogens is 242 g/mol. The van der Waals surface area contributed by atoms with Crippen LogP contribution in [0.5, 0.6) is 0 Å². The Morgan fingerprint density at radius 3 is 2.89 bits per heavy atom. The molecule has 2 rings (SSSR count).